The van der Waals surface area contributed by atoms with Gasteiger partial charge in [-0.2, -0.15) is 5.10 Å². The summed E-state index contributed by atoms with van der Waals surface area (Å²) in [6.45, 7) is 2.80. The number of Topliss-reactive ketones (excluding diaryl/α,β-unsaturated/α-hetero) is 1. The van der Waals surface area contributed by atoms with Gasteiger partial charge in [-0.1, -0.05) is 30.3 Å². The highest BCUT2D eigenvalue weighted by Crippen LogP contribution is 2.23. The summed E-state index contributed by atoms with van der Waals surface area (Å²) in [4.78, 5) is 29.5. The molecule has 1 aromatic carbocycles. The molecule has 2 amide bonds. The highest BCUT2D eigenvalue weighted by Gasteiger charge is 2.20. The number of amides is 2. The van der Waals surface area contributed by atoms with Crippen LogP contribution < -0.4 is 10.6 Å². The van der Waals surface area contributed by atoms with Gasteiger partial charge in [0.25, 0.3) is 0 Å². The molecule has 2 N–H and O–H groups in total. The number of hydrogen-bond donors (Lipinski definition) is 2. The van der Waals surface area contributed by atoms with Crippen LogP contribution in [0, 0.1) is 0 Å². The Morgan fingerprint density at radius 1 is 1.25 bits per heavy atom. The maximum atomic E-state index is 12.5. The van der Waals surface area contributed by atoms with Gasteiger partial charge in [0.2, 0.25) is 0 Å². The molecule has 8 nitrogen and oxygen atoms in total. The van der Waals surface area contributed by atoms with Gasteiger partial charge in [0.05, 0.1) is 36.5 Å². The summed E-state index contributed by atoms with van der Waals surface area (Å²) in [5.41, 5.74) is 2.29. The van der Waals surface area contributed by atoms with Crippen LogP contribution in [0.2, 0.25) is 0 Å². The molecule has 0 saturated heterocycles. The van der Waals surface area contributed by atoms with Gasteiger partial charge in [-0.05, 0) is 18.6 Å². The number of carbonyl (C=O) groups excluding carboxylic acids is 2. The van der Waals surface area contributed by atoms with E-state index in [1.54, 1.807) is 16.9 Å². The number of ketones is 1. The van der Waals surface area contributed by atoms with Crippen LogP contribution in [-0.4, -0.2) is 39.8 Å². The molecular formula is C20H21N5O3. The molecule has 3 heterocycles. The number of anilines is 1. The number of hydrogen-bond acceptors (Lipinski definition) is 5. The Kier molecular flexibility index (Phi) is 5.03. The minimum Gasteiger partial charge on any atom is -0.371 e. The van der Waals surface area contributed by atoms with Gasteiger partial charge in [-0.25, -0.2) is 9.78 Å². The molecule has 0 spiro atoms. The number of pyridine rings is 1. The van der Waals surface area contributed by atoms with Crippen molar-refractivity contribution < 1.29 is 14.3 Å². The third-order valence-corrected chi connectivity index (χ3v) is 4.65. The van der Waals surface area contributed by atoms with Gasteiger partial charge in [-0.15, -0.1) is 0 Å². The second-order valence-corrected chi connectivity index (χ2v) is 6.64. The Balaban J connectivity index is 1.69. The predicted octanol–water partition coefficient (Wildman–Crippen LogP) is 2.46. The molecule has 0 aliphatic carbocycles. The zero-order chi connectivity index (χ0) is 19.5. The van der Waals surface area contributed by atoms with Gasteiger partial charge >= 0.3 is 6.03 Å². The van der Waals surface area contributed by atoms with E-state index < -0.39 is 0 Å². The number of ether oxygens (including phenoxy) is 1. The van der Waals surface area contributed by atoms with Crippen molar-refractivity contribution in [2.75, 3.05) is 18.5 Å². The molecule has 1 atom stereocenters. The Morgan fingerprint density at radius 2 is 2.07 bits per heavy atom. The number of nitrogens with one attached hydrogen (secondary N) is 2. The van der Waals surface area contributed by atoms with Crippen molar-refractivity contribution >= 4 is 28.5 Å². The molecule has 2 bridgehead atoms. The van der Waals surface area contributed by atoms with Crippen LogP contribution in [0.3, 0.4) is 0 Å². The third kappa shape index (κ3) is 3.72. The minimum atomic E-state index is -0.384. The molecule has 0 fully saturated rings. The molecule has 4 rings (SSSR count). The summed E-state index contributed by atoms with van der Waals surface area (Å²) in [5, 5.41) is 10.8. The largest absolute Gasteiger partial charge is 0.371 e. The topological polar surface area (TPSA) is 98.1 Å². The zero-order valence-electron chi connectivity index (χ0n) is 15.5. The molecule has 1 aliphatic heterocycles. The molecule has 8 heteroatoms. The van der Waals surface area contributed by atoms with E-state index in [0.29, 0.717) is 18.1 Å². The normalized spacial score (nSPS) is 18.1. The maximum absolute atomic E-state index is 12.5. The number of aryl methyl sites for hydroxylation is 1. The first-order valence-corrected chi connectivity index (χ1v) is 9.21. The Hall–Kier alpha value is -3.26. The molecule has 1 aliphatic rings. The zero-order valence-corrected chi connectivity index (χ0v) is 15.5. The first-order chi connectivity index (χ1) is 13.6. The van der Waals surface area contributed by atoms with Gasteiger partial charge < -0.3 is 10.1 Å². The lowest BCUT2D eigenvalue weighted by atomic mass is 10.1. The average molecular weight is 379 g/mol. The van der Waals surface area contributed by atoms with Crippen molar-refractivity contribution in [1.82, 2.24) is 20.1 Å². The molecule has 0 saturated carbocycles. The predicted molar refractivity (Wildman–Crippen MR) is 104 cm³/mol. The highest BCUT2D eigenvalue weighted by molar-refractivity contribution is 5.93. The quantitative estimate of drug-likeness (QED) is 0.713. The van der Waals surface area contributed by atoms with E-state index in [9.17, 15) is 9.59 Å². The molecule has 144 valence electrons. The van der Waals surface area contributed by atoms with Crippen molar-refractivity contribution in [3.63, 3.8) is 0 Å². The number of benzene rings is 1. The Labute approximate surface area is 161 Å². The fourth-order valence-electron chi connectivity index (χ4n) is 3.37. The number of fused-ring (bicyclic) bond motifs is 4. The standard InChI is InChI=1S/C20H21N5O3/c1-2-25-19-14(10-21-25)8-18-22-16(19)9-15(26)11-28-12-17(23-20(27)24-18)13-6-4-3-5-7-13/h3-8,10,17H,2,9,11-12H2,1H3,(H2,22,23,24,27)/t17-/m1/s1. The van der Waals surface area contributed by atoms with E-state index in [0.717, 1.165) is 16.5 Å². The third-order valence-electron chi connectivity index (χ3n) is 4.65. The minimum absolute atomic E-state index is 0.0414. The Bertz CT molecular complexity index is 1020. The van der Waals surface area contributed by atoms with Crippen molar-refractivity contribution in [1.29, 1.82) is 0 Å². The van der Waals surface area contributed by atoms with Gasteiger partial charge in [0, 0.05) is 11.9 Å². The number of rotatable bonds is 2. The first kappa shape index (κ1) is 18.1. The van der Waals surface area contributed by atoms with Gasteiger partial charge in [0.15, 0.2) is 5.78 Å². The number of carbonyl (C=O) groups is 2. The average Bonchev–Trinajstić information content (AvgIpc) is 3.10. The maximum Gasteiger partial charge on any atom is 0.320 e. The van der Waals surface area contributed by atoms with Crippen LogP contribution in [-0.2, 0) is 22.5 Å². The molecular weight excluding hydrogens is 358 g/mol. The summed E-state index contributed by atoms with van der Waals surface area (Å²) in [7, 11) is 0. The van der Waals surface area contributed by atoms with Crippen molar-refractivity contribution in [3.8, 4) is 0 Å². The lowest BCUT2D eigenvalue weighted by Gasteiger charge is -2.20. The van der Waals surface area contributed by atoms with Crippen molar-refractivity contribution in [2.24, 2.45) is 0 Å². The highest BCUT2D eigenvalue weighted by atomic mass is 16.5. The Morgan fingerprint density at radius 3 is 2.86 bits per heavy atom. The van der Waals surface area contributed by atoms with E-state index in [2.05, 4.69) is 20.7 Å². The van der Waals surface area contributed by atoms with Crippen molar-refractivity contribution in [2.45, 2.75) is 25.9 Å². The summed E-state index contributed by atoms with van der Waals surface area (Å²) >= 11 is 0. The lowest BCUT2D eigenvalue weighted by Crippen LogP contribution is -2.36. The SMILES string of the molecule is CCn1ncc2cc3nc(c21)CC(=O)COC[C@H](c1ccccc1)NC(=O)N3. The van der Waals surface area contributed by atoms with Crippen LogP contribution in [0.4, 0.5) is 10.6 Å². The second-order valence-electron chi connectivity index (χ2n) is 6.64. The lowest BCUT2D eigenvalue weighted by molar-refractivity contribution is -0.123. The van der Waals surface area contributed by atoms with Gasteiger partial charge in [-0.3, -0.25) is 14.8 Å². The van der Waals surface area contributed by atoms with Crippen LogP contribution in [0.5, 0.6) is 0 Å². The van der Waals surface area contributed by atoms with E-state index in [4.69, 9.17) is 4.74 Å². The molecule has 2 aromatic heterocycles. The summed E-state index contributed by atoms with van der Waals surface area (Å²) in [6, 6.07) is 10.5. The van der Waals surface area contributed by atoms with E-state index in [1.807, 2.05) is 37.3 Å². The van der Waals surface area contributed by atoms with Crippen LogP contribution in [0.1, 0.15) is 24.2 Å². The van der Waals surface area contributed by atoms with E-state index in [-0.39, 0.29) is 37.5 Å². The smallest absolute Gasteiger partial charge is 0.320 e. The molecule has 0 unspecified atom stereocenters. The molecule has 3 aromatic rings. The first-order valence-electron chi connectivity index (χ1n) is 9.21. The number of nitrogens with zero attached hydrogens (tertiary/aromatic N) is 3. The monoisotopic (exact) mass is 379 g/mol. The molecule has 28 heavy (non-hydrogen) atoms. The van der Waals surface area contributed by atoms with Crippen LogP contribution in [0.25, 0.3) is 10.9 Å². The van der Waals surface area contributed by atoms with Crippen molar-refractivity contribution in [3.05, 3.63) is 53.9 Å². The second kappa shape index (κ2) is 7.77. The molecule has 0 radical (unpaired) electrons. The van der Waals surface area contributed by atoms with E-state index >= 15 is 0 Å². The number of aromatic nitrogens is 3. The summed E-state index contributed by atoms with van der Waals surface area (Å²) in [6.07, 6.45) is 1.84. The fourth-order valence-corrected chi connectivity index (χ4v) is 3.37. The van der Waals surface area contributed by atoms with Crippen LogP contribution in [0.15, 0.2) is 42.6 Å². The van der Waals surface area contributed by atoms with E-state index in [1.165, 1.54) is 0 Å². The van der Waals surface area contributed by atoms with Crippen LogP contribution >= 0.6 is 0 Å². The summed E-state index contributed by atoms with van der Waals surface area (Å²) < 4.78 is 7.41. The number of urea groups is 1. The summed E-state index contributed by atoms with van der Waals surface area (Å²) in [5.74, 6) is 0.310. The van der Waals surface area contributed by atoms with Gasteiger partial charge in [0.1, 0.15) is 12.4 Å². The fraction of sp³-hybridized carbons (Fsp3) is 0.300.